The third-order valence-electron chi connectivity index (χ3n) is 3.10. The van der Waals surface area contributed by atoms with Gasteiger partial charge in [-0.25, -0.2) is 13.1 Å². The Balaban J connectivity index is 2.25. The summed E-state index contributed by atoms with van der Waals surface area (Å²) in [6, 6.07) is 0.201. The first-order valence-corrected chi connectivity index (χ1v) is 8.50. The Morgan fingerprint density at radius 3 is 2.83 bits per heavy atom. The molecule has 2 unspecified atom stereocenters. The highest BCUT2D eigenvalue weighted by Gasteiger charge is 2.18. The van der Waals surface area contributed by atoms with Crippen LogP contribution >= 0.6 is 0 Å². The fourth-order valence-electron chi connectivity index (χ4n) is 2.16. The largest absolute Gasteiger partial charge is 0.380 e. The first kappa shape index (κ1) is 15.9. The first-order valence-electron chi connectivity index (χ1n) is 6.84. The molecule has 5 nitrogen and oxygen atoms in total. The molecule has 2 N–H and O–H groups in total. The van der Waals surface area contributed by atoms with Crippen LogP contribution in [0.25, 0.3) is 0 Å². The molecule has 0 radical (unpaired) electrons. The van der Waals surface area contributed by atoms with Crippen LogP contribution < -0.4 is 10.0 Å². The smallest absolute Gasteiger partial charge is 0.211 e. The normalized spacial score (nSPS) is 22.9. The summed E-state index contributed by atoms with van der Waals surface area (Å²) >= 11 is 0. The van der Waals surface area contributed by atoms with Gasteiger partial charge >= 0.3 is 0 Å². The van der Waals surface area contributed by atoms with Gasteiger partial charge in [0, 0.05) is 18.7 Å². The van der Waals surface area contributed by atoms with Crippen molar-refractivity contribution in [3.63, 3.8) is 0 Å². The molecule has 18 heavy (non-hydrogen) atoms. The van der Waals surface area contributed by atoms with Gasteiger partial charge in [0.2, 0.25) is 10.0 Å². The molecule has 1 rings (SSSR count). The summed E-state index contributed by atoms with van der Waals surface area (Å²) in [5, 5.41) is 3.36. The van der Waals surface area contributed by atoms with Gasteiger partial charge in [-0.2, -0.15) is 0 Å². The van der Waals surface area contributed by atoms with Crippen LogP contribution in [0.1, 0.15) is 39.5 Å². The molecule has 6 heteroatoms. The molecule has 1 fully saturated rings. The number of rotatable bonds is 8. The lowest BCUT2D eigenvalue weighted by molar-refractivity contribution is 0.133. The molecular formula is C12H26N2O3S. The van der Waals surface area contributed by atoms with Crippen molar-refractivity contribution in [2.45, 2.75) is 51.6 Å². The van der Waals surface area contributed by atoms with E-state index >= 15 is 0 Å². The maximum atomic E-state index is 11.9. The average Bonchev–Trinajstić information content (AvgIpc) is 2.35. The minimum absolute atomic E-state index is 0.158. The van der Waals surface area contributed by atoms with Crippen molar-refractivity contribution in [3.8, 4) is 0 Å². The summed E-state index contributed by atoms with van der Waals surface area (Å²) < 4.78 is 31.6. The Bertz CT molecular complexity index is 313. The second-order valence-corrected chi connectivity index (χ2v) is 6.81. The third kappa shape index (κ3) is 6.68. The molecule has 0 aliphatic carbocycles. The zero-order valence-corrected chi connectivity index (χ0v) is 12.3. The summed E-state index contributed by atoms with van der Waals surface area (Å²) in [5.74, 6) is 0.196. The van der Waals surface area contributed by atoms with Gasteiger partial charge in [-0.3, -0.25) is 0 Å². The summed E-state index contributed by atoms with van der Waals surface area (Å²) in [6.07, 6.45) is 4.18. The van der Waals surface area contributed by atoms with Crippen molar-refractivity contribution in [2.24, 2.45) is 0 Å². The molecule has 0 aromatic rings. The summed E-state index contributed by atoms with van der Waals surface area (Å²) in [6.45, 7) is 5.77. The van der Waals surface area contributed by atoms with Crippen molar-refractivity contribution in [2.75, 3.05) is 25.5 Å². The molecule has 1 heterocycles. The lowest BCUT2D eigenvalue weighted by Gasteiger charge is -2.23. The van der Waals surface area contributed by atoms with Crippen LogP contribution in [-0.4, -0.2) is 46.0 Å². The maximum absolute atomic E-state index is 11.9. The molecule has 1 saturated heterocycles. The van der Waals surface area contributed by atoms with E-state index in [1.807, 2.05) is 13.8 Å². The standard InChI is InChI=1S/C12H26N2O3S/c1-3-17-10-11(2)14-18(15,16)9-7-12-6-4-5-8-13-12/h11-14H,3-10H2,1-2H3. The molecule has 0 aromatic carbocycles. The number of sulfonamides is 1. The molecule has 0 aromatic heterocycles. The molecule has 1 aliphatic heterocycles. The van der Waals surface area contributed by atoms with Gasteiger partial charge in [0.15, 0.2) is 0 Å². The van der Waals surface area contributed by atoms with Crippen LogP contribution in [0.5, 0.6) is 0 Å². The second kappa shape index (κ2) is 8.09. The van der Waals surface area contributed by atoms with Crippen LogP contribution in [-0.2, 0) is 14.8 Å². The fraction of sp³-hybridized carbons (Fsp3) is 1.00. The molecule has 0 bridgehead atoms. The van der Waals surface area contributed by atoms with Crippen molar-refractivity contribution in [1.29, 1.82) is 0 Å². The number of hydrogen-bond acceptors (Lipinski definition) is 4. The van der Waals surface area contributed by atoms with Gasteiger partial charge in [0.05, 0.1) is 12.4 Å². The van der Waals surface area contributed by atoms with Gasteiger partial charge in [-0.1, -0.05) is 6.42 Å². The highest BCUT2D eigenvalue weighted by Crippen LogP contribution is 2.10. The van der Waals surface area contributed by atoms with Gasteiger partial charge in [-0.15, -0.1) is 0 Å². The SMILES string of the molecule is CCOCC(C)NS(=O)(=O)CCC1CCCCN1. The van der Waals surface area contributed by atoms with E-state index in [9.17, 15) is 8.42 Å². The average molecular weight is 278 g/mol. The molecule has 1 aliphatic rings. The highest BCUT2D eigenvalue weighted by atomic mass is 32.2. The molecule has 108 valence electrons. The first-order chi connectivity index (χ1) is 8.53. The zero-order chi connectivity index (χ0) is 13.4. The third-order valence-corrected chi connectivity index (χ3v) is 4.63. The summed E-state index contributed by atoms with van der Waals surface area (Å²) in [7, 11) is -3.18. The quantitative estimate of drug-likeness (QED) is 0.691. The van der Waals surface area contributed by atoms with Crippen LogP contribution in [0.3, 0.4) is 0 Å². The lowest BCUT2D eigenvalue weighted by atomic mass is 10.0. The van der Waals surface area contributed by atoms with Crippen LogP contribution in [0.4, 0.5) is 0 Å². The number of nitrogens with one attached hydrogen (secondary N) is 2. The van der Waals surface area contributed by atoms with Crippen molar-refractivity contribution in [3.05, 3.63) is 0 Å². The summed E-state index contributed by atoms with van der Waals surface area (Å²) in [4.78, 5) is 0. The minimum atomic E-state index is -3.18. The van der Waals surface area contributed by atoms with E-state index in [0.717, 1.165) is 13.0 Å². The Morgan fingerprint density at radius 1 is 1.44 bits per heavy atom. The van der Waals surface area contributed by atoms with Crippen LogP contribution in [0.15, 0.2) is 0 Å². The van der Waals surface area contributed by atoms with E-state index in [4.69, 9.17) is 4.74 Å². The van der Waals surface area contributed by atoms with E-state index in [2.05, 4.69) is 10.0 Å². The van der Waals surface area contributed by atoms with E-state index in [0.29, 0.717) is 25.7 Å². The Kier molecular flexibility index (Phi) is 7.14. The lowest BCUT2D eigenvalue weighted by Crippen LogP contribution is -2.40. The van der Waals surface area contributed by atoms with Crippen molar-refractivity contribution < 1.29 is 13.2 Å². The molecule has 0 amide bonds. The van der Waals surface area contributed by atoms with E-state index in [1.54, 1.807) is 0 Å². The Hall–Kier alpha value is -0.170. The van der Waals surface area contributed by atoms with E-state index < -0.39 is 10.0 Å². The van der Waals surface area contributed by atoms with Gasteiger partial charge in [0.25, 0.3) is 0 Å². The van der Waals surface area contributed by atoms with E-state index in [1.165, 1.54) is 12.8 Å². The Morgan fingerprint density at radius 2 is 2.22 bits per heavy atom. The Labute approximate surface area is 111 Å². The number of piperidine rings is 1. The second-order valence-electron chi connectivity index (χ2n) is 4.93. The summed E-state index contributed by atoms with van der Waals surface area (Å²) in [5.41, 5.74) is 0. The van der Waals surface area contributed by atoms with Crippen molar-refractivity contribution in [1.82, 2.24) is 10.0 Å². The number of hydrogen-bond donors (Lipinski definition) is 2. The topological polar surface area (TPSA) is 67.4 Å². The van der Waals surface area contributed by atoms with E-state index in [-0.39, 0.29) is 11.8 Å². The predicted molar refractivity (Wildman–Crippen MR) is 73.1 cm³/mol. The molecule has 2 atom stereocenters. The van der Waals surface area contributed by atoms with Crippen molar-refractivity contribution >= 4 is 10.0 Å². The molecule has 0 saturated carbocycles. The van der Waals surface area contributed by atoms with Gasteiger partial charge in [0.1, 0.15) is 0 Å². The van der Waals surface area contributed by atoms with Gasteiger partial charge < -0.3 is 10.1 Å². The number of ether oxygens (including phenoxy) is 1. The predicted octanol–water partition coefficient (Wildman–Crippen LogP) is 0.863. The zero-order valence-electron chi connectivity index (χ0n) is 11.4. The maximum Gasteiger partial charge on any atom is 0.211 e. The fourth-order valence-corrected chi connectivity index (χ4v) is 3.56. The molecular weight excluding hydrogens is 252 g/mol. The van der Waals surface area contributed by atoms with Gasteiger partial charge in [-0.05, 0) is 39.7 Å². The van der Waals surface area contributed by atoms with Crippen LogP contribution in [0, 0.1) is 0 Å². The monoisotopic (exact) mass is 278 g/mol. The highest BCUT2D eigenvalue weighted by molar-refractivity contribution is 7.89. The van der Waals surface area contributed by atoms with Crippen LogP contribution in [0.2, 0.25) is 0 Å². The molecule has 0 spiro atoms. The minimum Gasteiger partial charge on any atom is -0.380 e.